The minimum absolute atomic E-state index is 0.0980. The highest BCUT2D eigenvalue weighted by atomic mass is 16.6. The van der Waals surface area contributed by atoms with Crippen molar-refractivity contribution in [2.24, 2.45) is 5.41 Å². The number of amides is 1. The minimum Gasteiger partial charge on any atom is -0.507 e. The number of phenolic OH excluding ortho intramolecular Hbond substituents is 1. The first-order chi connectivity index (χ1) is 11.5. The second kappa shape index (κ2) is 6.43. The van der Waals surface area contributed by atoms with E-state index in [4.69, 9.17) is 9.47 Å². The van der Waals surface area contributed by atoms with Crippen LogP contribution in [-0.2, 0) is 11.3 Å². The molecule has 126 valence electrons. The van der Waals surface area contributed by atoms with Crippen LogP contribution < -0.4 is 10.1 Å². The molecule has 24 heavy (non-hydrogen) atoms. The number of cyclic esters (lactones) is 1. The predicted molar refractivity (Wildman–Crippen MR) is 89.9 cm³/mol. The molecule has 1 aliphatic heterocycles. The summed E-state index contributed by atoms with van der Waals surface area (Å²) in [6.45, 7) is 4.70. The fourth-order valence-corrected chi connectivity index (χ4v) is 2.79. The van der Waals surface area contributed by atoms with E-state index in [1.165, 1.54) is 0 Å². The molecule has 1 aliphatic rings. The van der Waals surface area contributed by atoms with E-state index in [1.807, 2.05) is 44.2 Å². The SMILES string of the molecule is CC1(C)COC(=O)N[C@H]1c1ccc(OCc2ccccc2)cc1O. The number of benzene rings is 2. The first kappa shape index (κ1) is 16.2. The van der Waals surface area contributed by atoms with Crippen molar-refractivity contribution in [3.05, 3.63) is 59.7 Å². The van der Waals surface area contributed by atoms with Crippen molar-refractivity contribution in [3.8, 4) is 11.5 Å². The Labute approximate surface area is 141 Å². The Morgan fingerprint density at radius 2 is 2.00 bits per heavy atom. The summed E-state index contributed by atoms with van der Waals surface area (Å²) >= 11 is 0. The van der Waals surface area contributed by atoms with Crippen LogP contribution in [-0.4, -0.2) is 17.8 Å². The van der Waals surface area contributed by atoms with E-state index in [0.717, 1.165) is 5.56 Å². The van der Waals surface area contributed by atoms with Gasteiger partial charge in [0.25, 0.3) is 0 Å². The number of ether oxygens (including phenoxy) is 2. The zero-order valence-electron chi connectivity index (χ0n) is 13.8. The summed E-state index contributed by atoms with van der Waals surface area (Å²) in [5, 5.41) is 13.2. The van der Waals surface area contributed by atoms with Crippen LogP contribution in [0.15, 0.2) is 48.5 Å². The number of aromatic hydroxyl groups is 1. The average molecular weight is 327 g/mol. The molecule has 0 aromatic heterocycles. The molecule has 2 N–H and O–H groups in total. The van der Waals surface area contributed by atoms with Gasteiger partial charge in [0.1, 0.15) is 24.7 Å². The normalized spacial score (nSPS) is 19.2. The number of hydrogen-bond donors (Lipinski definition) is 2. The molecule has 1 saturated heterocycles. The lowest BCUT2D eigenvalue weighted by Crippen LogP contribution is -2.46. The standard InChI is InChI=1S/C19H21NO4/c1-19(2)12-24-18(22)20-17(19)15-9-8-14(10-16(15)21)23-11-13-6-4-3-5-7-13/h3-10,17,21H,11-12H2,1-2H3,(H,20,22)/t17-/m0/s1. The van der Waals surface area contributed by atoms with E-state index in [9.17, 15) is 9.90 Å². The molecule has 0 saturated carbocycles. The van der Waals surface area contributed by atoms with Gasteiger partial charge in [-0.1, -0.05) is 44.2 Å². The van der Waals surface area contributed by atoms with Gasteiger partial charge in [0.2, 0.25) is 0 Å². The van der Waals surface area contributed by atoms with Crippen molar-refractivity contribution in [2.45, 2.75) is 26.5 Å². The molecular formula is C19H21NO4. The molecule has 0 bridgehead atoms. The van der Waals surface area contributed by atoms with Crippen molar-refractivity contribution in [1.29, 1.82) is 0 Å². The van der Waals surface area contributed by atoms with Crippen molar-refractivity contribution in [2.75, 3.05) is 6.61 Å². The number of nitrogens with one attached hydrogen (secondary N) is 1. The van der Waals surface area contributed by atoms with Crippen molar-refractivity contribution < 1.29 is 19.4 Å². The van der Waals surface area contributed by atoms with Crippen LogP contribution in [0.25, 0.3) is 0 Å². The highest BCUT2D eigenvalue weighted by Crippen LogP contribution is 2.40. The number of phenols is 1. The zero-order valence-corrected chi connectivity index (χ0v) is 13.8. The van der Waals surface area contributed by atoms with E-state index >= 15 is 0 Å². The van der Waals surface area contributed by atoms with Gasteiger partial charge in [-0.05, 0) is 17.7 Å². The lowest BCUT2D eigenvalue weighted by molar-refractivity contribution is 0.0381. The molecule has 1 heterocycles. The fourth-order valence-electron chi connectivity index (χ4n) is 2.79. The molecule has 0 spiro atoms. The van der Waals surface area contributed by atoms with Crippen molar-refractivity contribution in [1.82, 2.24) is 5.32 Å². The van der Waals surface area contributed by atoms with Crippen LogP contribution in [0.1, 0.15) is 31.0 Å². The van der Waals surface area contributed by atoms with E-state index in [2.05, 4.69) is 5.32 Å². The van der Waals surface area contributed by atoms with Crippen LogP contribution in [0, 0.1) is 5.41 Å². The Kier molecular flexibility index (Phi) is 4.34. The third-order valence-corrected chi connectivity index (χ3v) is 4.18. The van der Waals surface area contributed by atoms with Gasteiger partial charge in [-0.15, -0.1) is 0 Å². The van der Waals surface area contributed by atoms with Gasteiger partial charge in [0, 0.05) is 17.0 Å². The van der Waals surface area contributed by atoms with Crippen LogP contribution in [0.2, 0.25) is 0 Å². The van der Waals surface area contributed by atoms with Gasteiger partial charge < -0.3 is 19.9 Å². The fraction of sp³-hybridized carbons (Fsp3) is 0.316. The molecule has 0 radical (unpaired) electrons. The number of carbonyl (C=O) groups is 1. The summed E-state index contributed by atoms with van der Waals surface area (Å²) in [6.07, 6.45) is -0.469. The first-order valence-electron chi connectivity index (χ1n) is 7.89. The maximum absolute atomic E-state index is 11.5. The average Bonchev–Trinajstić information content (AvgIpc) is 2.57. The summed E-state index contributed by atoms with van der Waals surface area (Å²) in [5.41, 5.74) is 1.39. The van der Waals surface area contributed by atoms with Gasteiger partial charge in [-0.25, -0.2) is 4.79 Å². The Bertz CT molecular complexity index is 727. The Morgan fingerprint density at radius 1 is 1.25 bits per heavy atom. The van der Waals surface area contributed by atoms with Crippen LogP contribution in [0.3, 0.4) is 0 Å². The third kappa shape index (κ3) is 3.45. The minimum atomic E-state index is -0.469. The van der Waals surface area contributed by atoms with Crippen LogP contribution in [0.5, 0.6) is 11.5 Å². The van der Waals surface area contributed by atoms with Crippen molar-refractivity contribution >= 4 is 6.09 Å². The molecule has 0 unspecified atom stereocenters. The number of rotatable bonds is 4. The molecule has 2 aromatic rings. The van der Waals surface area contributed by atoms with Gasteiger partial charge in [-0.2, -0.15) is 0 Å². The first-order valence-corrected chi connectivity index (χ1v) is 7.89. The number of hydrogen-bond acceptors (Lipinski definition) is 4. The maximum Gasteiger partial charge on any atom is 0.407 e. The van der Waals surface area contributed by atoms with E-state index in [0.29, 0.717) is 24.5 Å². The quantitative estimate of drug-likeness (QED) is 0.897. The van der Waals surface area contributed by atoms with Crippen molar-refractivity contribution in [3.63, 3.8) is 0 Å². The molecular weight excluding hydrogens is 306 g/mol. The Morgan fingerprint density at radius 3 is 2.71 bits per heavy atom. The summed E-state index contributed by atoms with van der Waals surface area (Å²) in [7, 11) is 0. The summed E-state index contributed by atoms with van der Waals surface area (Å²) in [6, 6.07) is 14.7. The molecule has 2 aromatic carbocycles. The van der Waals surface area contributed by atoms with Crippen LogP contribution in [0.4, 0.5) is 4.79 Å². The monoisotopic (exact) mass is 327 g/mol. The highest BCUT2D eigenvalue weighted by molar-refractivity contribution is 5.69. The molecule has 1 amide bonds. The molecule has 5 nitrogen and oxygen atoms in total. The van der Waals surface area contributed by atoms with E-state index in [-0.39, 0.29) is 17.2 Å². The Hall–Kier alpha value is -2.69. The lowest BCUT2D eigenvalue weighted by Gasteiger charge is -2.38. The van der Waals surface area contributed by atoms with E-state index in [1.54, 1.807) is 18.2 Å². The zero-order chi connectivity index (χ0) is 17.2. The molecule has 1 atom stereocenters. The third-order valence-electron chi connectivity index (χ3n) is 4.18. The molecule has 1 fully saturated rings. The van der Waals surface area contributed by atoms with Crippen LogP contribution >= 0.6 is 0 Å². The van der Waals surface area contributed by atoms with Gasteiger partial charge >= 0.3 is 6.09 Å². The second-order valence-electron chi connectivity index (χ2n) is 6.64. The number of carbonyl (C=O) groups excluding carboxylic acids is 1. The van der Waals surface area contributed by atoms with E-state index < -0.39 is 6.09 Å². The molecule has 5 heteroatoms. The number of alkyl carbamates (subject to hydrolysis) is 1. The summed E-state index contributed by atoms with van der Waals surface area (Å²) in [5.74, 6) is 0.678. The highest BCUT2D eigenvalue weighted by Gasteiger charge is 2.39. The largest absolute Gasteiger partial charge is 0.507 e. The smallest absolute Gasteiger partial charge is 0.407 e. The topological polar surface area (TPSA) is 67.8 Å². The maximum atomic E-state index is 11.5. The second-order valence-corrected chi connectivity index (χ2v) is 6.64. The lowest BCUT2D eigenvalue weighted by atomic mass is 9.80. The Balaban J connectivity index is 1.76. The summed E-state index contributed by atoms with van der Waals surface area (Å²) in [4.78, 5) is 11.5. The summed E-state index contributed by atoms with van der Waals surface area (Å²) < 4.78 is 10.8. The van der Waals surface area contributed by atoms with Gasteiger partial charge in [0.05, 0.1) is 6.04 Å². The van der Waals surface area contributed by atoms with Gasteiger partial charge in [-0.3, -0.25) is 0 Å². The molecule has 0 aliphatic carbocycles. The predicted octanol–water partition coefficient (Wildman–Crippen LogP) is 3.78. The van der Waals surface area contributed by atoms with Gasteiger partial charge in [0.15, 0.2) is 0 Å². The molecule has 3 rings (SSSR count).